The molecule has 0 heterocycles. The van der Waals surface area contributed by atoms with E-state index >= 15 is 0 Å². The molecule has 3 aromatic rings. The Morgan fingerprint density at radius 1 is 1.09 bits per heavy atom. The van der Waals surface area contributed by atoms with Gasteiger partial charge >= 0.3 is 0 Å². The van der Waals surface area contributed by atoms with Crippen molar-refractivity contribution in [3.8, 4) is 17.2 Å². The zero-order valence-corrected chi connectivity index (χ0v) is 19.4. The van der Waals surface area contributed by atoms with Gasteiger partial charge in [0.05, 0.1) is 12.7 Å². The van der Waals surface area contributed by atoms with Crippen molar-refractivity contribution in [2.75, 3.05) is 7.11 Å². The number of rotatable bonds is 8. The number of ketones is 1. The molecule has 3 rings (SSSR count). The van der Waals surface area contributed by atoms with Crippen LogP contribution in [0.1, 0.15) is 52.4 Å². The van der Waals surface area contributed by atoms with Gasteiger partial charge in [0.1, 0.15) is 23.9 Å². The van der Waals surface area contributed by atoms with Crippen LogP contribution in [0.25, 0.3) is 6.08 Å². The van der Waals surface area contributed by atoms with Crippen molar-refractivity contribution >= 4 is 23.5 Å². The van der Waals surface area contributed by atoms with Crippen molar-refractivity contribution in [1.82, 2.24) is 0 Å². The quantitative estimate of drug-likeness (QED) is 0.297. The van der Waals surface area contributed by atoms with Crippen LogP contribution in [0, 0.1) is 6.92 Å². The number of aryl methyl sites for hydroxylation is 1. The van der Waals surface area contributed by atoms with Crippen LogP contribution in [0.2, 0.25) is 5.02 Å². The van der Waals surface area contributed by atoms with Gasteiger partial charge < -0.3 is 14.6 Å². The summed E-state index contributed by atoms with van der Waals surface area (Å²) in [5, 5.41) is 10.6. The highest BCUT2D eigenvalue weighted by Gasteiger charge is 2.13. The van der Waals surface area contributed by atoms with Crippen LogP contribution in [0.3, 0.4) is 0 Å². The van der Waals surface area contributed by atoms with Gasteiger partial charge in [0.2, 0.25) is 0 Å². The predicted octanol–water partition coefficient (Wildman–Crippen LogP) is 6.96. The highest BCUT2D eigenvalue weighted by Crippen LogP contribution is 2.33. The lowest BCUT2D eigenvalue weighted by Crippen LogP contribution is -2.03. The molecule has 0 radical (unpaired) electrons. The zero-order chi connectivity index (χ0) is 23.3. The summed E-state index contributed by atoms with van der Waals surface area (Å²) in [5.74, 6) is 1.45. The largest absolute Gasteiger partial charge is 0.507 e. The average molecular weight is 451 g/mol. The summed E-state index contributed by atoms with van der Waals surface area (Å²) in [6.07, 6.45) is 3.16. The Hall–Kier alpha value is -3.24. The molecule has 0 saturated carbocycles. The number of para-hydroxylation sites is 1. The molecule has 0 aliphatic rings. The summed E-state index contributed by atoms with van der Waals surface area (Å²) < 4.78 is 11.7. The summed E-state index contributed by atoms with van der Waals surface area (Å²) in [4.78, 5) is 12.4. The first-order valence-electron chi connectivity index (χ1n) is 10.4. The highest BCUT2D eigenvalue weighted by molar-refractivity contribution is 6.31. The molecule has 0 unspecified atom stereocenters. The van der Waals surface area contributed by atoms with Crippen LogP contribution >= 0.6 is 11.6 Å². The third-order valence-electron chi connectivity index (χ3n) is 5.20. The minimum Gasteiger partial charge on any atom is -0.507 e. The van der Waals surface area contributed by atoms with E-state index in [2.05, 4.69) is 13.8 Å². The number of hydrogen-bond acceptors (Lipinski definition) is 4. The Morgan fingerprint density at radius 3 is 2.53 bits per heavy atom. The summed E-state index contributed by atoms with van der Waals surface area (Å²) in [6, 6.07) is 16.0. The highest BCUT2D eigenvalue weighted by atomic mass is 35.5. The molecule has 0 aliphatic heterocycles. The molecule has 0 atom stereocenters. The fourth-order valence-electron chi connectivity index (χ4n) is 3.36. The van der Waals surface area contributed by atoms with Crippen LogP contribution < -0.4 is 9.47 Å². The smallest absolute Gasteiger partial charge is 0.189 e. The van der Waals surface area contributed by atoms with E-state index < -0.39 is 0 Å². The minimum absolute atomic E-state index is 0.0369. The van der Waals surface area contributed by atoms with Gasteiger partial charge in [0, 0.05) is 10.6 Å². The molecule has 0 spiro atoms. The van der Waals surface area contributed by atoms with Gasteiger partial charge in [0.15, 0.2) is 5.78 Å². The molecule has 166 valence electrons. The van der Waals surface area contributed by atoms with E-state index in [1.165, 1.54) is 12.1 Å². The van der Waals surface area contributed by atoms with Crippen molar-refractivity contribution < 1.29 is 19.4 Å². The lowest BCUT2D eigenvalue weighted by atomic mass is 10.0. The topological polar surface area (TPSA) is 55.8 Å². The normalized spacial score (nSPS) is 11.2. The molecule has 0 fully saturated rings. The third-order valence-corrected chi connectivity index (χ3v) is 5.60. The number of phenols is 1. The number of carbonyl (C=O) groups excluding carboxylic acids is 1. The SMILES string of the molecule is COc1ccc(/C=C/C(=O)c2ccccc2O)cc1COc1cc(C)c(Cl)cc1C(C)C. The maximum atomic E-state index is 12.4. The maximum absolute atomic E-state index is 12.4. The number of phenolic OH excluding ortho intramolecular Hbond substituents is 1. The maximum Gasteiger partial charge on any atom is 0.189 e. The minimum atomic E-state index is -0.269. The van der Waals surface area contributed by atoms with Crippen LogP contribution in [-0.2, 0) is 6.61 Å². The molecule has 3 aromatic carbocycles. The van der Waals surface area contributed by atoms with E-state index in [9.17, 15) is 9.90 Å². The molecular formula is C27H27ClO4. The molecular weight excluding hydrogens is 424 g/mol. The number of ether oxygens (including phenoxy) is 2. The van der Waals surface area contributed by atoms with E-state index in [4.69, 9.17) is 21.1 Å². The molecule has 1 N–H and O–H groups in total. The molecule has 0 bridgehead atoms. The van der Waals surface area contributed by atoms with Gasteiger partial charge in [0.25, 0.3) is 0 Å². The second-order valence-electron chi connectivity index (χ2n) is 7.87. The van der Waals surface area contributed by atoms with Gasteiger partial charge in [-0.3, -0.25) is 4.79 Å². The summed E-state index contributed by atoms with van der Waals surface area (Å²) in [6.45, 7) is 6.45. The number of methoxy groups -OCH3 is 1. The van der Waals surface area contributed by atoms with E-state index in [0.717, 1.165) is 33.0 Å². The number of aromatic hydroxyl groups is 1. The monoisotopic (exact) mass is 450 g/mol. The molecule has 0 saturated heterocycles. The van der Waals surface area contributed by atoms with E-state index in [-0.39, 0.29) is 23.0 Å². The fraction of sp³-hybridized carbons (Fsp3) is 0.222. The number of allylic oxidation sites excluding steroid dienone is 1. The Kier molecular flexibility index (Phi) is 7.60. The Balaban J connectivity index is 1.82. The average Bonchev–Trinajstić information content (AvgIpc) is 2.78. The van der Waals surface area contributed by atoms with Crippen molar-refractivity contribution in [1.29, 1.82) is 0 Å². The van der Waals surface area contributed by atoms with Crippen LogP contribution in [0.5, 0.6) is 17.2 Å². The first kappa shape index (κ1) is 23.4. The lowest BCUT2D eigenvalue weighted by molar-refractivity contribution is 0.104. The predicted molar refractivity (Wildman–Crippen MR) is 129 cm³/mol. The van der Waals surface area contributed by atoms with Gasteiger partial charge in [-0.1, -0.05) is 49.7 Å². The third kappa shape index (κ3) is 5.51. The van der Waals surface area contributed by atoms with E-state index in [1.807, 2.05) is 37.3 Å². The zero-order valence-electron chi connectivity index (χ0n) is 18.7. The van der Waals surface area contributed by atoms with E-state index in [0.29, 0.717) is 12.4 Å². The molecule has 0 amide bonds. The number of benzene rings is 3. The molecule has 32 heavy (non-hydrogen) atoms. The van der Waals surface area contributed by atoms with Crippen LogP contribution in [0.15, 0.2) is 60.7 Å². The van der Waals surface area contributed by atoms with Gasteiger partial charge in [-0.2, -0.15) is 0 Å². The van der Waals surface area contributed by atoms with E-state index in [1.54, 1.807) is 31.4 Å². The van der Waals surface area contributed by atoms with Crippen LogP contribution in [0.4, 0.5) is 0 Å². The lowest BCUT2D eigenvalue weighted by Gasteiger charge is -2.17. The Bertz CT molecular complexity index is 1150. The first-order valence-corrected chi connectivity index (χ1v) is 10.8. The number of carbonyl (C=O) groups is 1. The molecule has 4 nitrogen and oxygen atoms in total. The molecule has 0 aliphatic carbocycles. The fourth-order valence-corrected chi connectivity index (χ4v) is 3.53. The standard InChI is InChI=1S/C27H27ClO4/c1-17(2)22-15-23(28)18(3)13-27(22)32-16-20-14-19(10-12-26(20)31-4)9-11-25(30)21-7-5-6-8-24(21)29/h5-15,17,29H,16H2,1-4H3/b11-9+. The van der Waals surface area contributed by atoms with Gasteiger partial charge in [-0.25, -0.2) is 0 Å². The Labute approximate surface area is 194 Å². The number of hydrogen-bond donors (Lipinski definition) is 1. The van der Waals surface area contributed by atoms with Crippen molar-refractivity contribution in [3.05, 3.63) is 93.5 Å². The first-order chi connectivity index (χ1) is 15.3. The second kappa shape index (κ2) is 10.4. The number of halogens is 1. The van der Waals surface area contributed by atoms with Crippen molar-refractivity contribution in [2.24, 2.45) is 0 Å². The van der Waals surface area contributed by atoms with Gasteiger partial charge in [-0.15, -0.1) is 0 Å². The molecule has 5 heteroatoms. The van der Waals surface area contributed by atoms with Crippen molar-refractivity contribution in [3.63, 3.8) is 0 Å². The summed E-state index contributed by atoms with van der Waals surface area (Å²) in [7, 11) is 1.61. The van der Waals surface area contributed by atoms with Crippen molar-refractivity contribution in [2.45, 2.75) is 33.3 Å². The van der Waals surface area contributed by atoms with Crippen LogP contribution in [-0.4, -0.2) is 18.0 Å². The Morgan fingerprint density at radius 2 is 1.84 bits per heavy atom. The summed E-state index contributed by atoms with van der Waals surface area (Å²) >= 11 is 6.30. The summed E-state index contributed by atoms with van der Waals surface area (Å²) in [5.41, 5.74) is 3.94. The molecule has 0 aromatic heterocycles. The second-order valence-corrected chi connectivity index (χ2v) is 8.28. The van der Waals surface area contributed by atoms with Gasteiger partial charge in [-0.05, 0) is 72.0 Å².